The van der Waals surface area contributed by atoms with Crippen molar-refractivity contribution in [2.45, 2.75) is 39.3 Å². The van der Waals surface area contributed by atoms with Gasteiger partial charge in [-0.15, -0.1) is 5.10 Å². The fourth-order valence-corrected chi connectivity index (χ4v) is 2.28. The number of ether oxygens (including phenoxy) is 1. The van der Waals surface area contributed by atoms with Gasteiger partial charge in [0.25, 0.3) is 0 Å². The number of methoxy groups -OCH3 is 1. The number of nitrogens with two attached hydrogens (primary N) is 1. The quantitative estimate of drug-likeness (QED) is 0.878. The van der Waals surface area contributed by atoms with Crippen molar-refractivity contribution in [3.63, 3.8) is 0 Å². The molecule has 0 aliphatic heterocycles. The van der Waals surface area contributed by atoms with Crippen molar-refractivity contribution in [1.29, 1.82) is 0 Å². The van der Waals surface area contributed by atoms with Gasteiger partial charge in [0, 0.05) is 7.11 Å². The monoisotopic (exact) mass is 274 g/mol. The summed E-state index contributed by atoms with van der Waals surface area (Å²) < 4.78 is 7.05. The van der Waals surface area contributed by atoms with Crippen molar-refractivity contribution >= 4 is 0 Å². The van der Waals surface area contributed by atoms with Crippen molar-refractivity contribution < 1.29 is 4.74 Å². The second kappa shape index (κ2) is 6.63. The summed E-state index contributed by atoms with van der Waals surface area (Å²) in [7, 11) is 1.69. The second-order valence-corrected chi connectivity index (χ2v) is 4.80. The lowest BCUT2D eigenvalue weighted by Gasteiger charge is -2.10. The molecular formula is C15H22N4O. The number of benzene rings is 1. The van der Waals surface area contributed by atoms with Crippen LogP contribution in [0.2, 0.25) is 0 Å². The third kappa shape index (κ3) is 2.89. The topological polar surface area (TPSA) is 66.0 Å². The summed E-state index contributed by atoms with van der Waals surface area (Å²) in [6, 6.07) is 8.08. The smallest absolute Gasteiger partial charge is 0.103 e. The minimum absolute atomic E-state index is 0.0548. The lowest BCUT2D eigenvalue weighted by molar-refractivity contribution is 0.185. The average molecular weight is 274 g/mol. The molecule has 1 unspecified atom stereocenters. The Kier molecular flexibility index (Phi) is 4.87. The van der Waals surface area contributed by atoms with E-state index in [1.54, 1.807) is 7.11 Å². The largest absolute Gasteiger partial charge is 0.380 e. The molecule has 0 radical (unpaired) electrons. The first-order chi connectivity index (χ1) is 9.71. The van der Waals surface area contributed by atoms with Crippen molar-refractivity contribution in [3.05, 3.63) is 41.2 Å². The minimum atomic E-state index is -0.0548. The zero-order valence-electron chi connectivity index (χ0n) is 12.3. The Morgan fingerprint density at radius 1 is 1.35 bits per heavy atom. The summed E-state index contributed by atoms with van der Waals surface area (Å²) in [5, 5.41) is 8.54. The van der Waals surface area contributed by atoms with Gasteiger partial charge in [-0.2, -0.15) is 0 Å². The van der Waals surface area contributed by atoms with Crippen LogP contribution >= 0.6 is 0 Å². The van der Waals surface area contributed by atoms with Gasteiger partial charge in [-0.05, 0) is 30.5 Å². The third-order valence-electron chi connectivity index (χ3n) is 3.39. The summed E-state index contributed by atoms with van der Waals surface area (Å²) in [6.07, 6.45) is 1.71. The summed E-state index contributed by atoms with van der Waals surface area (Å²) >= 11 is 0. The van der Waals surface area contributed by atoms with Crippen LogP contribution in [0, 0.1) is 0 Å². The fraction of sp³-hybridized carbons (Fsp3) is 0.467. The molecule has 1 heterocycles. The molecule has 5 heteroatoms. The van der Waals surface area contributed by atoms with E-state index in [4.69, 9.17) is 10.5 Å². The van der Waals surface area contributed by atoms with Crippen molar-refractivity contribution in [2.24, 2.45) is 5.73 Å². The molecule has 108 valence electrons. The summed E-state index contributed by atoms with van der Waals surface area (Å²) in [4.78, 5) is 0. The Bertz CT molecular complexity index is 565. The first kappa shape index (κ1) is 14.7. The normalized spacial score (nSPS) is 12.6. The van der Waals surface area contributed by atoms with Crippen LogP contribution in [0.1, 0.15) is 43.3 Å². The maximum absolute atomic E-state index is 6.10. The zero-order valence-corrected chi connectivity index (χ0v) is 12.3. The zero-order chi connectivity index (χ0) is 14.5. The van der Waals surface area contributed by atoms with Gasteiger partial charge in [0.1, 0.15) is 5.69 Å². The van der Waals surface area contributed by atoms with E-state index in [0.29, 0.717) is 6.61 Å². The Balaban J connectivity index is 2.42. The third-order valence-corrected chi connectivity index (χ3v) is 3.39. The Hall–Kier alpha value is -1.72. The molecule has 0 spiro atoms. The molecule has 0 saturated heterocycles. The summed E-state index contributed by atoms with van der Waals surface area (Å²) in [5.41, 5.74) is 10.2. The van der Waals surface area contributed by atoms with Crippen LogP contribution in [0.3, 0.4) is 0 Å². The molecule has 2 rings (SSSR count). The van der Waals surface area contributed by atoms with Gasteiger partial charge in [0.2, 0.25) is 0 Å². The number of hydrogen-bond acceptors (Lipinski definition) is 4. The lowest BCUT2D eigenvalue weighted by atomic mass is 10.1. The van der Waals surface area contributed by atoms with E-state index in [0.717, 1.165) is 35.5 Å². The number of rotatable bonds is 6. The second-order valence-electron chi connectivity index (χ2n) is 4.80. The van der Waals surface area contributed by atoms with Gasteiger partial charge in [0.15, 0.2) is 0 Å². The molecule has 1 atom stereocenters. The number of nitrogens with zero attached hydrogens (tertiary/aromatic N) is 3. The average Bonchev–Trinajstić information content (AvgIpc) is 2.91. The van der Waals surface area contributed by atoms with E-state index in [2.05, 4.69) is 30.2 Å². The molecule has 20 heavy (non-hydrogen) atoms. The SMILES string of the molecule is CCc1c(C(N)CC)nnn1-c1cccc(COC)c1. The van der Waals surface area contributed by atoms with E-state index < -0.39 is 0 Å². The van der Waals surface area contributed by atoms with E-state index in [1.807, 2.05) is 22.9 Å². The van der Waals surface area contributed by atoms with Crippen LogP contribution in [0.5, 0.6) is 0 Å². The highest BCUT2D eigenvalue weighted by atomic mass is 16.5. The van der Waals surface area contributed by atoms with E-state index in [-0.39, 0.29) is 6.04 Å². The predicted octanol–water partition coefficient (Wildman–Crippen LogP) is 2.39. The highest BCUT2D eigenvalue weighted by Crippen LogP contribution is 2.20. The fourth-order valence-electron chi connectivity index (χ4n) is 2.28. The van der Waals surface area contributed by atoms with Gasteiger partial charge < -0.3 is 10.5 Å². The molecule has 0 aliphatic rings. The van der Waals surface area contributed by atoms with Gasteiger partial charge in [0.05, 0.1) is 24.0 Å². The van der Waals surface area contributed by atoms with Crippen LogP contribution < -0.4 is 5.73 Å². The highest BCUT2D eigenvalue weighted by Gasteiger charge is 2.17. The first-order valence-electron chi connectivity index (χ1n) is 6.99. The van der Waals surface area contributed by atoms with Crippen molar-refractivity contribution in [3.8, 4) is 5.69 Å². The molecule has 2 N–H and O–H groups in total. The predicted molar refractivity (Wildman–Crippen MR) is 78.7 cm³/mol. The van der Waals surface area contributed by atoms with Gasteiger partial charge in [-0.1, -0.05) is 31.2 Å². The Morgan fingerprint density at radius 2 is 2.15 bits per heavy atom. The number of hydrogen-bond donors (Lipinski definition) is 1. The number of aromatic nitrogens is 3. The van der Waals surface area contributed by atoms with E-state index in [1.165, 1.54) is 0 Å². The van der Waals surface area contributed by atoms with E-state index in [9.17, 15) is 0 Å². The van der Waals surface area contributed by atoms with Crippen LogP contribution in [0.15, 0.2) is 24.3 Å². The minimum Gasteiger partial charge on any atom is -0.380 e. The van der Waals surface area contributed by atoms with E-state index >= 15 is 0 Å². The molecule has 0 amide bonds. The molecule has 1 aromatic heterocycles. The molecular weight excluding hydrogens is 252 g/mol. The van der Waals surface area contributed by atoms with Crippen LogP contribution in [0.25, 0.3) is 5.69 Å². The van der Waals surface area contributed by atoms with Gasteiger partial charge in [-0.25, -0.2) is 4.68 Å². The first-order valence-corrected chi connectivity index (χ1v) is 6.99. The molecule has 0 fully saturated rings. The molecule has 2 aromatic rings. The summed E-state index contributed by atoms with van der Waals surface area (Å²) in [5.74, 6) is 0. The van der Waals surface area contributed by atoms with Crippen molar-refractivity contribution in [2.75, 3.05) is 7.11 Å². The van der Waals surface area contributed by atoms with Crippen LogP contribution in [0.4, 0.5) is 0 Å². The van der Waals surface area contributed by atoms with Gasteiger partial charge in [-0.3, -0.25) is 0 Å². The molecule has 0 bridgehead atoms. The summed E-state index contributed by atoms with van der Waals surface area (Å²) in [6.45, 7) is 4.74. The van der Waals surface area contributed by atoms with Gasteiger partial charge >= 0.3 is 0 Å². The highest BCUT2D eigenvalue weighted by molar-refractivity contribution is 5.37. The maximum atomic E-state index is 6.10. The van der Waals surface area contributed by atoms with Crippen LogP contribution in [-0.4, -0.2) is 22.1 Å². The Morgan fingerprint density at radius 3 is 2.80 bits per heavy atom. The standard InChI is InChI=1S/C15H22N4O/c1-4-13(16)15-14(5-2)19(18-17-15)12-8-6-7-11(9-12)10-20-3/h6-9,13H,4-5,10,16H2,1-3H3. The molecule has 0 saturated carbocycles. The molecule has 1 aromatic carbocycles. The Labute approximate surface area is 119 Å². The van der Waals surface area contributed by atoms with Crippen LogP contribution in [-0.2, 0) is 17.8 Å². The maximum Gasteiger partial charge on any atom is 0.103 e. The lowest BCUT2D eigenvalue weighted by Crippen LogP contribution is -2.12. The molecule has 5 nitrogen and oxygen atoms in total. The molecule has 0 aliphatic carbocycles. The van der Waals surface area contributed by atoms with Crippen molar-refractivity contribution in [1.82, 2.24) is 15.0 Å².